The molecule has 0 spiro atoms. The van der Waals surface area contributed by atoms with Gasteiger partial charge in [0.25, 0.3) is 5.91 Å². The van der Waals surface area contributed by atoms with Gasteiger partial charge in [-0.3, -0.25) is 4.79 Å². The zero-order valence-electron chi connectivity index (χ0n) is 8.84. The van der Waals surface area contributed by atoms with Crippen LogP contribution in [0.15, 0.2) is 17.8 Å². The predicted octanol–water partition coefficient (Wildman–Crippen LogP) is 1.60. The Bertz CT molecular complexity index is 564. The number of amides is 1. The Morgan fingerprint density at radius 3 is 3.12 bits per heavy atom. The third-order valence-electron chi connectivity index (χ3n) is 2.74. The highest BCUT2D eigenvalue weighted by Gasteiger charge is 2.23. The van der Waals surface area contributed by atoms with Crippen LogP contribution in [0.5, 0.6) is 0 Å². The van der Waals surface area contributed by atoms with Crippen molar-refractivity contribution in [3.05, 3.63) is 32.0 Å². The van der Waals surface area contributed by atoms with Crippen molar-refractivity contribution in [2.45, 2.75) is 13.1 Å². The number of thiophene rings is 1. The van der Waals surface area contributed by atoms with E-state index in [1.165, 1.54) is 0 Å². The minimum Gasteiger partial charge on any atom is -0.329 e. The molecule has 0 aromatic carbocycles. The Kier molecular flexibility index (Phi) is 2.87. The summed E-state index contributed by atoms with van der Waals surface area (Å²) in [5, 5.41) is 9.76. The van der Waals surface area contributed by atoms with Crippen molar-refractivity contribution in [1.82, 2.24) is 19.7 Å². The smallest absolute Gasteiger partial charge is 0.255 e. The van der Waals surface area contributed by atoms with E-state index in [1.807, 2.05) is 20.9 Å². The van der Waals surface area contributed by atoms with Gasteiger partial charge in [-0.05, 0) is 28.7 Å². The highest BCUT2D eigenvalue weighted by Crippen LogP contribution is 2.20. The van der Waals surface area contributed by atoms with Crippen molar-refractivity contribution < 1.29 is 4.79 Å². The van der Waals surface area contributed by atoms with E-state index in [4.69, 9.17) is 0 Å². The Morgan fingerprint density at radius 2 is 2.35 bits per heavy atom. The van der Waals surface area contributed by atoms with Crippen LogP contribution in [0.1, 0.15) is 16.2 Å². The largest absolute Gasteiger partial charge is 0.329 e. The maximum Gasteiger partial charge on any atom is 0.255 e. The van der Waals surface area contributed by atoms with Crippen LogP contribution < -0.4 is 0 Å². The quantitative estimate of drug-likeness (QED) is 0.726. The molecular formula is C10H9IN4OS. The van der Waals surface area contributed by atoms with Gasteiger partial charge in [0.05, 0.1) is 15.0 Å². The molecule has 0 N–H and O–H groups in total. The first-order valence-corrected chi connectivity index (χ1v) is 7.10. The van der Waals surface area contributed by atoms with E-state index in [0.717, 1.165) is 27.4 Å². The number of hydrogen-bond donors (Lipinski definition) is 0. The molecule has 0 bridgehead atoms. The molecule has 0 aliphatic carbocycles. The van der Waals surface area contributed by atoms with Gasteiger partial charge in [0.1, 0.15) is 6.33 Å². The molecule has 7 heteroatoms. The van der Waals surface area contributed by atoms with Crippen LogP contribution in [0, 0.1) is 2.88 Å². The number of carbonyl (C=O) groups is 1. The molecule has 0 fully saturated rings. The van der Waals surface area contributed by atoms with Crippen molar-refractivity contribution in [2.24, 2.45) is 0 Å². The van der Waals surface area contributed by atoms with Crippen LogP contribution in [0.2, 0.25) is 0 Å². The Labute approximate surface area is 116 Å². The summed E-state index contributed by atoms with van der Waals surface area (Å²) in [4.78, 5) is 14.0. The lowest BCUT2D eigenvalue weighted by molar-refractivity contribution is 0.0708. The molecular weight excluding hydrogens is 351 g/mol. The molecule has 3 rings (SSSR count). The van der Waals surface area contributed by atoms with E-state index in [-0.39, 0.29) is 5.91 Å². The highest BCUT2D eigenvalue weighted by atomic mass is 127. The summed E-state index contributed by atoms with van der Waals surface area (Å²) in [6.07, 6.45) is 1.71. The Hall–Kier alpha value is -0.960. The minimum atomic E-state index is 0.0819. The van der Waals surface area contributed by atoms with Gasteiger partial charge >= 0.3 is 0 Å². The van der Waals surface area contributed by atoms with E-state index in [0.29, 0.717) is 6.54 Å². The van der Waals surface area contributed by atoms with E-state index in [2.05, 4.69) is 32.8 Å². The molecule has 1 amide bonds. The van der Waals surface area contributed by atoms with E-state index >= 15 is 0 Å². The lowest BCUT2D eigenvalue weighted by atomic mass is 10.2. The van der Waals surface area contributed by atoms with E-state index in [1.54, 1.807) is 17.7 Å². The zero-order chi connectivity index (χ0) is 11.8. The molecule has 0 radical (unpaired) electrons. The van der Waals surface area contributed by atoms with Gasteiger partial charge in [0.2, 0.25) is 0 Å². The summed E-state index contributed by atoms with van der Waals surface area (Å²) in [6.45, 7) is 2.04. The molecule has 3 heterocycles. The lowest BCUT2D eigenvalue weighted by Gasteiger charge is -2.26. The first-order chi connectivity index (χ1) is 8.24. The fourth-order valence-electron chi connectivity index (χ4n) is 1.84. The van der Waals surface area contributed by atoms with Crippen molar-refractivity contribution in [2.75, 3.05) is 6.54 Å². The van der Waals surface area contributed by atoms with Crippen LogP contribution in [-0.2, 0) is 13.1 Å². The molecule has 0 atom stereocenters. The molecule has 1 aliphatic heterocycles. The normalized spacial score (nSPS) is 14.8. The van der Waals surface area contributed by atoms with Gasteiger partial charge in [-0.1, -0.05) is 0 Å². The van der Waals surface area contributed by atoms with Gasteiger partial charge in [-0.25, -0.2) is 0 Å². The Balaban J connectivity index is 1.81. The number of nitrogens with zero attached hydrogens (tertiary/aromatic N) is 4. The van der Waals surface area contributed by atoms with Gasteiger partial charge in [0.15, 0.2) is 5.82 Å². The summed E-state index contributed by atoms with van der Waals surface area (Å²) < 4.78 is 3.12. The third-order valence-corrected chi connectivity index (χ3v) is 4.53. The second-order valence-electron chi connectivity index (χ2n) is 3.81. The van der Waals surface area contributed by atoms with Crippen LogP contribution in [0.3, 0.4) is 0 Å². The maximum absolute atomic E-state index is 12.2. The molecule has 2 aromatic heterocycles. The molecule has 2 aromatic rings. The highest BCUT2D eigenvalue weighted by molar-refractivity contribution is 14.1. The monoisotopic (exact) mass is 360 g/mol. The minimum absolute atomic E-state index is 0.0819. The average molecular weight is 360 g/mol. The summed E-state index contributed by atoms with van der Waals surface area (Å²) in [5.41, 5.74) is 0.771. The number of hydrogen-bond acceptors (Lipinski definition) is 4. The summed E-state index contributed by atoms with van der Waals surface area (Å²) in [6, 6.07) is 1.92. The third kappa shape index (κ3) is 2.08. The first-order valence-electron chi connectivity index (χ1n) is 5.14. The predicted molar refractivity (Wildman–Crippen MR) is 71.8 cm³/mol. The lowest BCUT2D eigenvalue weighted by Crippen LogP contribution is -2.38. The van der Waals surface area contributed by atoms with Crippen molar-refractivity contribution in [3.8, 4) is 0 Å². The van der Waals surface area contributed by atoms with Crippen LogP contribution in [-0.4, -0.2) is 32.1 Å². The zero-order valence-corrected chi connectivity index (χ0v) is 11.8. The van der Waals surface area contributed by atoms with Crippen LogP contribution in [0.25, 0.3) is 0 Å². The van der Waals surface area contributed by atoms with Gasteiger partial charge < -0.3 is 9.47 Å². The van der Waals surface area contributed by atoms with Crippen molar-refractivity contribution >= 4 is 39.8 Å². The number of halogens is 1. The van der Waals surface area contributed by atoms with Crippen molar-refractivity contribution in [1.29, 1.82) is 0 Å². The molecule has 0 saturated carbocycles. The standard InChI is InChI=1S/C10H9IN4OS/c11-8-3-7(5-17-8)10(16)14-1-2-15-6-12-13-9(15)4-14/h3,5-6H,1-2,4H2. The molecule has 1 aliphatic rings. The summed E-state index contributed by atoms with van der Waals surface area (Å²) in [7, 11) is 0. The molecule has 5 nitrogen and oxygen atoms in total. The first kappa shape index (κ1) is 11.1. The average Bonchev–Trinajstić information content (AvgIpc) is 2.95. The van der Waals surface area contributed by atoms with Crippen molar-refractivity contribution in [3.63, 3.8) is 0 Å². The van der Waals surface area contributed by atoms with Crippen LogP contribution >= 0.6 is 33.9 Å². The molecule has 17 heavy (non-hydrogen) atoms. The van der Waals surface area contributed by atoms with Gasteiger partial charge in [0, 0.05) is 18.5 Å². The molecule has 0 unspecified atom stereocenters. The number of fused-ring (bicyclic) bond motifs is 1. The topological polar surface area (TPSA) is 51.0 Å². The number of rotatable bonds is 1. The Morgan fingerprint density at radius 1 is 1.47 bits per heavy atom. The SMILES string of the molecule is O=C(c1csc(I)c1)N1CCn2cnnc2C1. The molecule has 0 saturated heterocycles. The molecule has 88 valence electrons. The fraction of sp³-hybridized carbons (Fsp3) is 0.300. The van der Waals surface area contributed by atoms with Crippen LogP contribution in [0.4, 0.5) is 0 Å². The van der Waals surface area contributed by atoms with Gasteiger partial charge in [-0.15, -0.1) is 21.5 Å². The van der Waals surface area contributed by atoms with E-state index < -0.39 is 0 Å². The summed E-state index contributed by atoms with van der Waals surface area (Å²) >= 11 is 3.82. The fourth-order valence-corrected chi connectivity index (χ4v) is 3.16. The number of carbonyl (C=O) groups excluding carboxylic acids is 1. The van der Waals surface area contributed by atoms with E-state index in [9.17, 15) is 4.79 Å². The maximum atomic E-state index is 12.2. The number of aromatic nitrogens is 3. The second kappa shape index (κ2) is 4.37. The second-order valence-corrected chi connectivity index (χ2v) is 6.61. The van der Waals surface area contributed by atoms with Gasteiger partial charge in [-0.2, -0.15) is 0 Å². The summed E-state index contributed by atoms with van der Waals surface area (Å²) in [5.74, 6) is 0.938.